The molecule has 216 valence electrons. The van der Waals surface area contributed by atoms with Crippen LogP contribution in [-0.2, 0) is 19.1 Å². The maximum Gasteiger partial charge on any atom is 0.253 e. The van der Waals surface area contributed by atoms with E-state index in [4.69, 9.17) is 4.74 Å². The second-order valence-corrected chi connectivity index (χ2v) is 11.6. The average molecular weight is 531 g/mol. The van der Waals surface area contributed by atoms with Crippen molar-refractivity contribution >= 4 is 29.0 Å². The molecule has 0 heterocycles. The zero-order chi connectivity index (χ0) is 28.2. The molecule has 0 aliphatic heterocycles. The van der Waals surface area contributed by atoms with Crippen LogP contribution in [0.3, 0.4) is 0 Å². The molecule has 0 fully saturated rings. The molecule has 0 bridgehead atoms. The number of nitrogens with one attached hydrogen (secondary N) is 2. The summed E-state index contributed by atoms with van der Waals surface area (Å²) in [6, 6.07) is 6.95. The maximum atomic E-state index is 12.7. The summed E-state index contributed by atoms with van der Waals surface area (Å²) in [5, 5.41) is 5.63. The molecule has 0 saturated carbocycles. The topological polar surface area (TPSA) is 84.5 Å². The Morgan fingerprint density at radius 1 is 0.763 bits per heavy atom. The number of benzene rings is 1. The van der Waals surface area contributed by atoms with E-state index in [0.29, 0.717) is 17.8 Å². The summed E-state index contributed by atoms with van der Waals surface area (Å²) in [6.07, 6.45) is 18.2. The highest BCUT2D eigenvalue weighted by Crippen LogP contribution is 2.20. The lowest BCUT2D eigenvalue weighted by atomic mass is 9.89. The molecule has 0 radical (unpaired) electrons. The number of rotatable bonds is 21. The smallest absolute Gasteiger partial charge is 0.253 e. The number of Topliss-reactive ketones (excluding diaryl/α,β-unsaturated/α-hetero) is 1. The number of anilines is 2. The fraction of sp³-hybridized carbons (Fsp3) is 0.719. The number of amides is 2. The molecule has 0 spiro atoms. The van der Waals surface area contributed by atoms with Gasteiger partial charge in [-0.05, 0) is 24.6 Å². The van der Waals surface area contributed by atoms with Gasteiger partial charge in [0.25, 0.3) is 5.91 Å². The van der Waals surface area contributed by atoms with E-state index < -0.39 is 11.5 Å². The van der Waals surface area contributed by atoms with Gasteiger partial charge < -0.3 is 15.4 Å². The Morgan fingerprint density at radius 3 is 1.71 bits per heavy atom. The number of hydrogen-bond donors (Lipinski definition) is 2. The third-order valence-electron chi connectivity index (χ3n) is 6.97. The highest BCUT2D eigenvalue weighted by Gasteiger charge is 2.23. The molecular formula is C32H54N2O4. The molecule has 0 aliphatic carbocycles. The van der Waals surface area contributed by atoms with Crippen molar-refractivity contribution in [1.82, 2.24) is 0 Å². The molecule has 0 saturated heterocycles. The Labute approximate surface area is 232 Å². The molecule has 6 heteroatoms. The zero-order valence-electron chi connectivity index (χ0n) is 24.8. The standard InChI is InChI=1S/C32H54N2O4/c1-6-7-8-9-10-11-12-13-14-15-16-17-18-19-23-28(38-5)31(37)34-27-22-20-21-26(24-27)33-30(36)25-29(35)32(2,3)4/h20-22,24,28H,6-19,23,25H2,1-5H3,(H,33,36)(H,34,37). The van der Waals surface area contributed by atoms with Crippen molar-refractivity contribution in [2.24, 2.45) is 5.41 Å². The van der Waals surface area contributed by atoms with Crippen molar-refractivity contribution in [3.8, 4) is 0 Å². The van der Waals surface area contributed by atoms with E-state index in [1.54, 1.807) is 52.1 Å². The summed E-state index contributed by atoms with van der Waals surface area (Å²) in [6.45, 7) is 7.65. The van der Waals surface area contributed by atoms with Gasteiger partial charge in [0.2, 0.25) is 5.91 Å². The Hall–Kier alpha value is -2.21. The summed E-state index contributed by atoms with van der Waals surface area (Å²) in [4.78, 5) is 37.1. The van der Waals surface area contributed by atoms with E-state index in [2.05, 4.69) is 17.6 Å². The molecule has 0 aromatic heterocycles. The highest BCUT2D eigenvalue weighted by molar-refractivity contribution is 6.06. The molecule has 1 aromatic carbocycles. The quantitative estimate of drug-likeness (QED) is 0.123. The predicted octanol–water partition coefficient (Wildman–Crippen LogP) is 8.46. The largest absolute Gasteiger partial charge is 0.372 e. The molecule has 2 amide bonds. The van der Waals surface area contributed by atoms with Crippen LogP contribution in [-0.4, -0.2) is 30.8 Å². The van der Waals surface area contributed by atoms with Gasteiger partial charge in [0.1, 0.15) is 11.9 Å². The van der Waals surface area contributed by atoms with E-state index in [9.17, 15) is 14.4 Å². The lowest BCUT2D eigenvalue weighted by Gasteiger charge is -2.17. The number of unbranched alkanes of at least 4 members (excludes halogenated alkanes) is 13. The Bertz CT molecular complexity index is 816. The lowest BCUT2D eigenvalue weighted by molar-refractivity contribution is -0.130. The Kier molecular flexibility index (Phi) is 17.6. The first-order valence-corrected chi connectivity index (χ1v) is 14.9. The first kappa shape index (κ1) is 33.8. The van der Waals surface area contributed by atoms with Crippen LogP contribution >= 0.6 is 0 Å². The summed E-state index contributed by atoms with van der Waals surface area (Å²) in [5.74, 6) is -0.666. The molecule has 1 rings (SSSR count). The number of hydrogen-bond acceptors (Lipinski definition) is 4. The Morgan fingerprint density at radius 2 is 1.24 bits per heavy atom. The second-order valence-electron chi connectivity index (χ2n) is 11.6. The molecule has 38 heavy (non-hydrogen) atoms. The van der Waals surface area contributed by atoms with Gasteiger partial charge in [-0.3, -0.25) is 14.4 Å². The van der Waals surface area contributed by atoms with Crippen molar-refractivity contribution in [3.63, 3.8) is 0 Å². The zero-order valence-corrected chi connectivity index (χ0v) is 24.8. The lowest BCUT2D eigenvalue weighted by Crippen LogP contribution is -2.29. The van der Waals surface area contributed by atoms with E-state index in [1.165, 1.54) is 77.0 Å². The van der Waals surface area contributed by atoms with Crippen LogP contribution in [0.4, 0.5) is 11.4 Å². The SMILES string of the molecule is CCCCCCCCCCCCCCCCC(OC)C(=O)Nc1cccc(NC(=O)CC(=O)C(C)(C)C)c1. The number of ether oxygens (including phenoxy) is 1. The molecular weight excluding hydrogens is 476 g/mol. The van der Waals surface area contributed by atoms with Gasteiger partial charge in [0.05, 0.1) is 6.42 Å². The van der Waals surface area contributed by atoms with E-state index in [0.717, 1.165) is 12.8 Å². The summed E-state index contributed by atoms with van der Waals surface area (Å²) in [5.41, 5.74) is 0.559. The van der Waals surface area contributed by atoms with Crippen LogP contribution in [0.5, 0.6) is 0 Å². The van der Waals surface area contributed by atoms with Gasteiger partial charge in [-0.1, -0.05) is 124 Å². The first-order chi connectivity index (χ1) is 18.2. The number of methoxy groups -OCH3 is 1. The van der Waals surface area contributed by atoms with Gasteiger partial charge in [0, 0.05) is 23.9 Å². The summed E-state index contributed by atoms with van der Waals surface area (Å²) in [7, 11) is 1.57. The number of carbonyl (C=O) groups is 3. The summed E-state index contributed by atoms with van der Waals surface area (Å²) >= 11 is 0. The van der Waals surface area contributed by atoms with Crippen LogP contribution in [0.1, 0.15) is 130 Å². The van der Waals surface area contributed by atoms with Crippen LogP contribution in [0.15, 0.2) is 24.3 Å². The molecule has 1 aromatic rings. The van der Waals surface area contributed by atoms with Crippen LogP contribution in [0.25, 0.3) is 0 Å². The van der Waals surface area contributed by atoms with Crippen molar-refractivity contribution in [1.29, 1.82) is 0 Å². The molecule has 6 nitrogen and oxygen atoms in total. The second kappa shape index (κ2) is 19.8. The predicted molar refractivity (Wildman–Crippen MR) is 159 cm³/mol. The third kappa shape index (κ3) is 15.9. The minimum Gasteiger partial charge on any atom is -0.372 e. The van der Waals surface area contributed by atoms with Gasteiger partial charge in [-0.15, -0.1) is 0 Å². The summed E-state index contributed by atoms with van der Waals surface area (Å²) < 4.78 is 5.45. The molecule has 1 unspecified atom stereocenters. The minimum absolute atomic E-state index is 0.120. The minimum atomic E-state index is -0.560. The van der Waals surface area contributed by atoms with E-state index >= 15 is 0 Å². The number of ketones is 1. The molecule has 0 aliphatic rings. The number of carbonyl (C=O) groups excluding carboxylic acids is 3. The van der Waals surface area contributed by atoms with Gasteiger partial charge in [0.15, 0.2) is 0 Å². The Balaban J connectivity index is 2.24. The van der Waals surface area contributed by atoms with Crippen molar-refractivity contribution in [2.45, 2.75) is 137 Å². The van der Waals surface area contributed by atoms with Gasteiger partial charge >= 0.3 is 0 Å². The van der Waals surface area contributed by atoms with Gasteiger partial charge in [-0.2, -0.15) is 0 Å². The van der Waals surface area contributed by atoms with Crippen LogP contribution < -0.4 is 10.6 Å². The van der Waals surface area contributed by atoms with Crippen molar-refractivity contribution in [2.75, 3.05) is 17.7 Å². The van der Waals surface area contributed by atoms with Crippen LogP contribution in [0, 0.1) is 5.41 Å². The van der Waals surface area contributed by atoms with Gasteiger partial charge in [-0.25, -0.2) is 0 Å². The van der Waals surface area contributed by atoms with E-state index in [1.807, 2.05) is 0 Å². The normalized spacial score (nSPS) is 12.2. The average Bonchev–Trinajstić information content (AvgIpc) is 2.86. The third-order valence-corrected chi connectivity index (χ3v) is 6.97. The fourth-order valence-corrected chi connectivity index (χ4v) is 4.39. The first-order valence-electron chi connectivity index (χ1n) is 14.9. The van der Waals surface area contributed by atoms with Crippen molar-refractivity contribution in [3.05, 3.63) is 24.3 Å². The monoisotopic (exact) mass is 530 g/mol. The highest BCUT2D eigenvalue weighted by atomic mass is 16.5. The molecule has 1 atom stereocenters. The maximum absolute atomic E-state index is 12.7. The molecule has 2 N–H and O–H groups in total. The van der Waals surface area contributed by atoms with E-state index in [-0.39, 0.29) is 24.0 Å². The fourth-order valence-electron chi connectivity index (χ4n) is 4.39. The van der Waals surface area contributed by atoms with Crippen molar-refractivity contribution < 1.29 is 19.1 Å². The van der Waals surface area contributed by atoms with Crippen LogP contribution in [0.2, 0.25) is 0 Å².